The minimum absolute atomic E-state index is 0.251. The lowest BCUT2D eigenvalue weighted by atomic mass is 10.1. The van der Waals surface area contributed by atoms with Crippen molar-refractivity contribution in [1.82, 2.24) is 0 Å². The van der Waals surface area contributed by atoms with Gasteiger partial charge < -0.3 is 16.0 Å². The molecule has 0 fully saturated rings. The van der Waals surface area contributed by atoms with Crippen LogP contribution in [-0.2, 0) is 0 Å². The zero-order valence-corrected chi connectivity index (χ0v) is 14.1. The van der Waals surface area contributed by atoms with Crippen LogP contribution in [0.4, 0.5) is 11.4 Å². The maximum absolute atomic E-state index is 6.09. The molecule has 0 radical (unpaired) electrons. The highest BCUT2D eigenvalue weighted by molar-refractivity contribution is 5.55. The molecule has 3 N–H and O–H groups in total. The van der Waals surface area contributed by atoms with Crippen molar-refractivity contribution in [2.24, 2.45) is 5.73 Å². The predicted octanol–water partition coefficient (Wildman–Crippen LogP) is 4.24. The number of nitrogens with two attached hydrogens (primary N) is 1. The van der Waals surface area contributed by atoms with Gasteiger partial charge in [-0.1, -0.05) is 33.6 Å². The van der Waals surface area contributed by atoms with Gasteiger partial charge in [0.2, 0.25) is 0 Å². The van der Waals surface area contributed by atoms with Crippen molar-refractivity contribution >= 4 is 11.4 Å². The van der Waals surface area contributed by atoms with Crippen LogP contribution in [0.2, 0.25) is 0 Å². The van der Waals surface area contributed by atoms with Crippen LogP contribution in [-0.4, -0.2) is 25.7 Å². The number of nitrogens with one attached hydrogen (secondary N) is 1. The van der Waals surface area contributed by atoms with E-state index in [4.69, 9.17) is 5.73 Å². The van der Waals surface area contributed by atoms with Gasteiger partial charge in [0.1, 0.15) is 0 Å². The summed E-state index contributed by atoms with van der Waals surface area (Å²) in [5.41, 5.74) is 8.58. The van der Waals surface area contributed by atoms with Gasteiger partial charge in [-0.05, 0) is 43.5 Å². The fraction of sp³-hybridized carbons (Fsp3) is 0.667. The van der Waals surface area contributed by atoms with Crippen LogP contribution >= 0.6 is 0 Å². The van der Waals surface area contributed by atoms with E-state index in [0.29, 0.717) is 0 Å². The average Bonchev–Trinajstić information content (AvgIpc) is 2.51. The standard InChI is InChI=1S/C18H33N3/c1-4-7-8-16(19)15-20-17-9-11-18(12-10-17)21(13-5-2)14-6-3/h9-12,16,20H,4-8,13-15,19H2,1-3H3. The van der Waals surface area contributed by atoms with Crippen molar-refractivity contribution in [3.8, 4) is 0 Å². The van der Waals surface area contributed by atoms with Crippen molar-refractivity contribution < 1.29 is 0 Å². The number of benzene rings is 1. The summed E-state index contributed by atoms with van der Waals surface area (Å²) in [6.07, 6.45) is 5.90. The lowest BCUT2D eigenvalue weighted by Gasteiger charge is -2.24. The molecular weight excluding hydrogens is 258 g/mol. The number of hydrogen-bond donors (Lipinski definition) is 2. The average molecular weight is 291 g/mol. The third-order valence-corrected chi connectivity index (χ3v) is 3.72. The molecule has 0 heterocycles. The van der Waals surface area contributed by atoms with E-state index >= 15 is 0 Å². The first-order valence-corrected chi connectivity index (χ1v) is 8.55. The number of hydrogen-bond acceptors (Lipinski definition) is 3. The van der Waals surface area contributed by atoms with Gasteiger partial charge in [-0.3, -0.25) is 0 Å². The number of anilines is 2. The quantitative estimate of drug-likeness (QED) is 0.640. The van der Waals surface area contributed by atoms with Crippen LogP contribution < -0.4 is 16.0 Å². The summed E-state index contributed by atoms with van der Waals surface area (Å²) in [4.78, 5) is 2.46. The van der Waals surface area contributed by atoms with Crippen molar-refractivity contribution in [2.45, 2.75) is 58.9 Å². The molecule has 0 saturated carbocycles. The smallest absolute Gasteiger partial charge is 0.0367 e. The molecule has 0 saturated heterocycles. The molecule has 0 aliphatic heterocycles. The Kier molecular flexibility index (Phi) is 8.91. The Morgan fingerprint density at radius 2 is 1.62 bits per heavy atom. The van der Waals surface area contributed by atoms with E-state index in [9.17, 15) is 0 Å². The SMILES string of the molecule is CCCCC(N)CNc1ccc(N(CCC)CCC)cc1. The second-order valence-corrected chi connectivity index (χ2v) is 5.82. The monoisotopic (exact) mass is 291 g/mol. The Balaban J connectivity index is 2.48. The Morgan fingerprint density at radius 1 is 1.00 bits per heavy atom. The molecule has 0 aliphatic carbocycles. The summed E-state index contributed by atoms with van der Waals surface area (Å²) in [7, 11) is 0. The maximum Gasteiger partial charge on any atom is 0.0367 e. The topological polar surface area (TPSA) is 41.3 Å². The third-order valence-electron chi connectivity index (χ3n) is 3.72. The Labute approximate surface area is 130 Å². The second kappa shape index (κ2) is 10.5. The van der Waals surface area contributed by atoms with Crippen molar-refractivity contribution in [3.63, 3.8) is 0 Å². The van der Waals surface area contributed by atoms with E-state index in [1.807, 2.05) is 0 Å². The van der Waals surface area contributed by atoms with Gasteiger partial charge in [-0.15, -0.1) is 0 Å². The van der Waals surface area contributed by atoms with Crippen molar-refractivity contribution in [2.75, 3.05) is 29.9 Å². The first-order chi connectivity index (χ1) is 10.2. The van der Waals surface area contributed by atoms with Gasteiger partial charge >= 0.3 is 0 Å². The minimum Gasteiger partial charge on any atom is -0.383 e. The molecule has 3 nitrogen and oxygen atoms in total. The fourth-order valence-electron chi connectivity index (χ4n) is 2.52. The molecule has 120 valence electrons. The third kappa shape index (κ3) is 6.85. The lowest BCUT2D eigenvalue weighted by Crippen LogP contribution is -2.29. The van der Waals surface area contributed by atoms with Crippen molar-refractivity contribution in [1.29, 1.82) is 0 Å². The second-order valence-electron chi connectivity index (χ2n) is 5.82. The van der Waals surface area contributed by atoms with Crippen LogP contribution in [0.25, 0.3) is 0 Å². The van der Waals surface area contributed by atoms with Crippen LogP contribution in [0.5, 0.6) is 0 Å². The van der Waals surface area contributed by atoms with Crippen LogP contribution in [0, 0.1) is 0 Å². The highest BCUT2D eigenvalue weighted by atomic mass is 15.1. The molecule has 1 rings (SSSR count). The molecule has 0 aromatic heterocycles. The van der Waals surface area contributed by atoms with Crippen LogP contribution in [0.1, 0.15) is 52.9 Å². The molecule has 0 bridgehead atoms. The van der Waals surface area contributed by atoms with Gasteiger partial charge in [0, 0.05) is 37.1 Å². The summed E-state index contributed by atoms with van der Waals surface area (Å²) in [5.74, 6) is 0. The van der Waals surface area contributed by atoms with E-state index in [1.54, 1.807) is 0 Å². The van der Waals surface area contributed by atoms with E-state index in [0.717, 1.165) is 26.1 Å². The molecule has 1 unspecified atom stereocenters. The largest absolute Gasteiger partial charge is 0.383 e. The number of rotatable bonds is 11. The van der Waals surface area contributed by atoms with Gasteiger partial charge in [-0.25, -0.2) is 0 Å². The van der Waals surface area contributed by atoms with Crippen LogP contribution in [0.15, 0.2) is 24.3 Å². The fourth-order valence-corrected chi connectivity index (χ4v) is 2.52. The van der Waals surface area contributed by atoms with E-state index in [-0.39, 0.29) is 6.04 Å². The molecule has 0 aliphatic rings. The minimum atomic E-state index is 0.251. The Morgan fingerprint density at radius 3 is 2.14 bits per heavy atom. The molecule has 1 aromatic rings. The number of nitrogens with zero attached hydrogens (tertiary/aromatic N) is 1. The van der Waals surface area contributed by atoms with Gasteiger partial charge in [0.15, 0.2) is 0 Å². The molecule has 3 heteroatoms. The molecule has 21 heavy (non-hydrogen) atoms. The van der Waals surface area contributed by atoms with Gasteiger partial charge in [0.05, 0.1) is 0 Å². The Bertz CT molecular complexity index is 355. The Hall–Kier alpha value is -1.22. The lowest BCUT2D eigenvalue weighted by molar-refractivity contribution is 0.596. The first-order valence-electron chi connectivity index (χ1n) is 8.55. The molecule has 1 aromatic carbocycles. The summed E-state index contributed by atoms with van der Waals surface area (Å²) in [6.45, 7) is 9.78. The van der Waals surface area contributed by atoms with E-state index < -0.39 is 0 Å². The molecule has 0 spiro atoms. The van der Waals surface area contributed by atoms with Crippen molar-refractivity contribution in [3.05, 3.63) is 24.3 Å². The molecular formula is C18H33N3. The van der Waals surface area contributed by atoms with Gasteiger partial charge in [-0.2, -0.15) is 0 Å². The summed E-state index contributed by atoms with van der Waals surface area (Å²) in [6, 6.07) is 9.01. The predicted molar refractivity (Wildman–Crippen MR) is 95.2 cm³/mol. The summed E-state index contributed by atoms with van der Waals surface area (Å²) >= 11 is 0. The zero-order valence-electron chi connectivity index (χ0n) is 14.1. The highest BCUT2D eigenvalue weighted by Crippen LogP contribution is 2.18. The van der Waals surface area contributed by atoms with E-state index in [2.05, 4.69) is 55.3 Å². The first kappa shape index (κ1) is 17.8. The highest BCUT2D eigenvalue weighted by Gasteiger charge is 2.05. The zero-order chi connectivity index (χ0) is 15.5. The van der Waals surface area contributed by atoms with Crippen LogP contribution in [0.3, 0.4) is 0 Å². The maximum atomic E-state index is 6.09. The summed E-state index contributed by atoms with van der Waals surface area (Å²) in [5, 5.41) is 3.44. The van der Waals surface area contributed by atoms with E-state index in [1.165, 1.54) is 37.1 Å². The molecule has 0 amide bonds. The van der Waals surface area contributed by atoms with Gasteiger partial charge in [0.25, 0.3) is 0 Å². The summed E-state index contributed by atoms with van der Waals surface area (Å²) < 4.78 is 0. The normalized spacial score (nSPS) is 12.2. The number of unbranched alkanes of at least 4 members (excludes halogenated alkanes) is 1. The molecule has 1 atom stereocenters.